The SMILES string of the molecule is C=C(C)C(=O)NCCNC[C@H]1OCC[C@@H](O)[C@@H]1O. The van der Waals surface area contributed by atoms with Gasteiger partial charge in [0.1, 0.15) is 6.10 Å². The fourth-order valence-corrected chi connectivity index (χ4v) is 1.70. The van der Waals surface area contributed by atoms with Crippen molar-refractivity contribution in [3.05, 3.63) is 12.2 Å². The number of hydrogen-bond acceptors (Lipinski definition) is 5. The van der Waals surface area contributed by atoms with Gasteiger partial charge in [0.05, 0.1) is 12.2 Å². The second-order valence-corrected chi connectivity index (χ2v) is 4.50. The van der Waals surface area contributed by atoms with Crippen molar-refractivity contribution in [3.8, 4) is 0 Å². The van der Waals surface area contributed by atoms with Gasteiger partial charge in [0.2, 0.25) is 5.91 Å². The highest BCUT2D eigenvalue weighted by atomic mass is 16.5. The molecule has 18 heavy (non-hydrogen) atoms. The molecule has 0 saturated carbocycles. The highest BCUT2D eigenvalue weighted by Gasteiger charge is 2.30. The van der Waals surface area contributed by atoms with Gasteiger partial charge in [0, 0.05) is 31.8 Å². The number of rotatable bonds is 6. The van der Waals surface area contributed by atoms with E-state index < -0.39 is 18.3 Å². The summed E-state index contributed by atoms with van der Waals surface area (Å²) in [4.78, 5) is 11.2. The highest BCUT2D eigenvalue weighted by molar-refractivity contribution is 5.92. The van der Waals surface area contributed by atoms with Crippen LogP contribution in [0.15, 0.2) is 12.2 Å². The lowest BCUT2D eigenvalue weighted by molar-refractivity contribution is -0.132. The molecule has 1 rings (SSSR count). The fourth-order valence-electron chi connectivity index (χ4n) is 1.70. The van der Waals surface area contributed by atoms with Crippen molar-refractivity contribution in [2.24, 2.45) is 0 Å². The summed E-state index contributed by atoms with van der Waals surface area (Å²) in [5.74, 6) is -0.166. The van der Waals surface area contributed by atoms with Crippen molar-refractivity contribution >= 4 is 5.91 Å². The quantitative estimate of drug-likeness (QED) is 0.354. The maximum absolute atomic E-state index is 11.2. The van der Waals surface area contributed by atoms with E-state index in [2.05, 4.69) is 17.2 Å². The van der Waals surface area contributed by atoms with Gasteiger partial charge in [0.25, 0.3) is 0 Å². The molecule has 1 aliphatic heterocycles. The number of nitrogens with one attached hydrogen (secondary N) is 2. The van der Waals surface area contributed by atoms with E-state index in [1.165, 1.54) is 0 Å². The first kappa shape index (κ1) is 15.1. The first-order valence-corrected chi connectivity index (χ1v) is 6.14. The van der Waals surface area contributed by atoms with Crippen molar-refractivity contribution in [2.45, 2.75) is 31.7 Å². The predicted octanol–water partition coefficient (Wildman–Crippen LogP) is -1.22. The molecule has 1 heterocycles. The summed E-state index contributed by atoms with van der Waals surface area (Å²) in [7, 11) is 0. The van der Waals surface area contributed by atoms with Crippen LogP contribution in [0.5, 0.6) is 0 Å². The van der Waals surface area contributed by atoms with Crippen molar-refractivity contribution in [2.75, 3.05) is 26.2 Å². The van der Waals surface area contributed by atoms with Crippen molar-refractivity contribution in [1.29, 1.82) is 0 Å². The Morgan fingerprint density at radius 1 is 1.44 bits per heavy atom. The molecule has 0 unspecified atom stereocenters. The fraction of sp³-hybridized carbons (Fsp3) is 0.750. The van der Waals surface area contributed by atoms with Gasteiger partial charge in [-0.25, -0.2) is 0 Å². The van der Waals surface area contributed by atoms with E-state index in [-0.39, 0.29) is 5.91 Å². The van der Waals surface area contributed by atoms with Gasteiger partial charge in [0.15, 0.2) is 0 Å². The zero-order chi connectivity index (χ0) is 13.5. The number of hydrogen-bond donors (Lipinski definition) is 4. The number of aliphatic hydroxyl groups excluding tert-OH is 2. The van der Waals surface area contributed by atoms with Crippen LogP contribution < -0.4 is 10.6 Å². The Hall–Kier alpha value is -0.950. The number of carbonyl (C=O) groups excluding carboxylic acids is 1. The summed E-state index contributed by atoms with van der Waals surface area (Å²) < 4.78 is 5.35. The van der Waals surface area contributed by atoms with Crippen LogP contribution >= 0.6 is 0 Å². The summed E-state index contributed by atoms with van der Waals surface area (Å²) in [5.41, 5.74) is 0.476. The van der Waals surface area contributed by atoms with E-state index in [4.69, 9.17) is 4.74 Å². The minimum atomic E-state index is -0.851. The van der Waals surface area contributed by atoms with E-state index in [1.807, 2.05) is 0 Å². The Morgan fingerprint density at radius 3 is 2.83 bits per heavy atom. The lowest BCUT2D eigenvalue weighted by atomic mass is 10.0. The number of ether oxygens (including phenoxy) is 1. The molecule has 0 bridgehead atoms. The normalized spacial score (nSPS) is 27.8. The Morgan fingerprint density at radius 2 is 2.17 bits per heavy atom. The summed E-state index contributed by atoms with van der Waals surface area (Å²) in [6.07, 6.45) is -1.50. The summed E-state index contributed by atoms with van der Waals surface area (Å²) >= 11 is 0. The zero-order valence-electron chi connectivity index (χ0n) is 10.7. The lowest BCUT2D eigenvalue weighted by Gasteiger charge is -2.32. The molecule has 0 aromatic heterocycles. The molecule has 1 aliphatic rings. The third-order valence-electron chi connectivity index (χ3n) is 2.84. The van der Waals surface area contributed by atoms with Crippen LogP contribution in [0.4, 0.5) is 0 Å². The van der Waals surface area contributed by atoms with E-state index in [1.54, 1.807) is 6.92 Å². The van der Waals surface area contributed by atoms with Gasteiger partial charge in [-0.1, -0.05) is 6.58 Å². The summed E-state index contributed by atoms with van der Waals surface area (Å²) in [5, 5.41) is 24.9. The van der Waals surface area contributed by atoms with Crippen LogP contribution in [0.2, 0.25) is 0 Å². The van der Waals surface area contributed by atoms with Gasteiger partial charge in [-0.3, -0.25) is 4.79 Å². The van der Waals surface area contributed by atoms with Crippen molar-refractivity contribution in [3.63, 3.8) is 0 Å². The van der Waals surface area contributed by atoms with Crippen molar-refractivity contribution < 1.29 is 19.7 Å². The molecule has 4 N–H and O–H groups in total. The molecule has 104 valence electrons. The molecule has 0 aromatic carbocycles. The van der Waals surface area contributed by atoms with Gasteiger partial charge >= 0.3 is 0 Å². The monoisotopic (exact) mass is 258 g/mol. The van der Waals surface area contributed by atoms with Crippen molar-refractivity contribution in [1.82, 2.24) is 10.6 Å². The van der Waals surface area contributed by atoms with Gasteiger partial charge in [-0.05, 0) is 13.3 Å². The minimum absolute atomic E-state index is 0.166. The van der Waals surface area contributed by atoms with E-state index in [9.17, 15) is 15.0 Å². The average molecular weight is 258 g/mol. The maximum Gasteiger partial charge on any atom is 0.246 e. The van der Waals surface area contributed by atoms with Crippen LogP contribution in [0, 0.1) is 0 Å². The molecular formula is C12H22N2O4. The van der Waals surface area contributed by atoms with Gasteiger partial charge < -0.3 is 25.6 Å². The van der Waals surface area contributed by atoms with E-state index in [0.717, 1.165) is 0 Å². The van der Waals surface area contributed by atoms with Gasteiger partial charge in [-0.2, -0.15) is 0 Å². The van der Waals surface area contributed by atoms with Crippen LogP contribution in [0.3, 0.4) is 0 Å². The Balaban J connectivity index is 2.10. The third kappa shape index (κ3) is 4.73. The van der Waals surface area contributed by atoms with Crippen LogP contribution in [-0.4, -0.2) is 60.7 Å². The predicted molar refractivity (Wildman–Crippen MR) is 67.1 cm³/mol. The Kier molecular flexibility index (Phi) is 6.28. The standard InChI is InChI=1S/C12H22N2O4/c1-8(2)12(17)14-5-4-13-7-10-11(16)9(15)3-6-18-10/h9-11,13,15-16H,1,3-7H2,2H3,(H,14,17)/t9-,10-,11+/m1/s1. The molecule has 0 radical (unpaired) electrons. The second kappa shape index (κ2) is 7.48. The molecule has 1 fully saturated rings. The molecule has 1 saturated heterocycles. The topological polar surface area (TPSA) is 90.8 Å². The number of carbonyl (C=O) groups is 1. The maximum atomic E-state index is 11.2. The lowest BCUT2D eigenvalue weighted by Crippen LogP contribution is -2.49. The average Bonchev–Trinajstić information content (AvgIpc) is 2.33. The highest BCUT2D eigenvalue weighted by Crippen LogP contribution is 2.13. The molecule has 0 aliphatic carbocycles. The first-order valence-electron chi connectivity index (χ1n) is 6.14. The molecule has 0 spiro atoms. The number of aliphatic hydroxyl groups is 2. The van der Waals surface area contributed by atoms with E-state index >= 15 is 0 Å². The van der Waals surface area contributed by atoms with Crippen LogP contribution in [0.1, 0.15) is 13.3 Å². The molecule has 1 amide bonds. The summed E-state index contributed by atoms with van der Waals surface area (Å²) in [6, 6.07) is 0. The smallest absolute Gasteiger partial charge is 0.246 e. The zero-order valence-corrected chi connectivity index (χ0v) is 10.7. The number of amides is 1. The summed E-state index contributed by atoms with van der Waals surface area (Å²) in [6.45, 7) is 7.14. The molecular weight excluding hydrogens is 236 g/mol. The Bertz CT molecular complexity index is 296. The van der Waals surface area contributed by atoms with E-state index in [0.29, 0.717) is 38.2 Å². The minimum Gasteiger partial charge on any atom is -0.390 e. The van der Waals surface area contributed by atoms with Crippen LogP contribution in [-0.2, 0) is 9.53 Å². The molecule has 6 heteroatoms. The third-order valence-corrected chi connectivity index (χ3v) is 2.84. The Labute approximate surface area is 107 Å². The first-order chi connectivity index (χ1) is 8.52. The van der Waals surface area contributed by atoms with Crippen LogP contribution in [0.25, 0.3) is 0 Å². The van der Waals surface area contributed by atoms with Gasteiger partial charge in [-0.15, -0.1) is 0 Å². The second-order valence-electron chi connectivity index (χ2n) is 4.50. The molecule has 0 aromatic rings. The molecule has 6 nitrogen and oxygen atoms in total. The largest absolute Gasteiger partial charge is 0.390 e. The molecule has 3 atom stereocenters.